The molecule has 0 amide bonds. The van der Waals surface area contributed by atoms with Gasteiger partial charge in [-0.1, -0.05) is 25.4 Å². The second-order valence-corrected chi connectivity index (χ2v) is 6.00. The van der Waals surface area contributed by atoms with Crippen molar-refractivity contribution >= 4 is 22.9 Å². The second-order valence-electron chi connectivity index (χ2n) is 4.35. The van der Waals surface area contributed by atoms with E-state index in [1.54, 1.807) is 11.3 Å². The SMILES string of the molecule is CC1Cc2c(sc(Cl)c2CN)C(C)C1. The van der Waals surface area contributed by atoms with Gasteiger partial charge in [0.2, 0.25) is 0 Å². The molecule has 2 atom stereocenters. The molecule has 0 saturated carbocycles. The number of nitrogens with two attached hydrogens (primary N) is 1. The van der Waals surface area contributed by atoms with E-state index in [1.807, 2.05) is 0 Å². The van der Waals surface area contributed by atoms with Crippen LogP contribution >= 0.6 is 22.9 Å². The molecule has 0 fully saturated rings. The number of thiophene rings is 1. The van der Waals surface area contributed by atoms with Crippen LogP contribution < -0.4 is 5.73 Å². The Morgan fingerprint density at radius 3 is 2.86 bits per heavy atom. The summed E-state index contributed by atoms with van der Waals surface area (Å²) in [5, 5.41) is 0. The lowest BCUT2D eigenvalue weighted by atomic mass is 9.82. The largest absolute Gasteiger partial charge is 0.326 e. The Morgan fingerprint density at radius 2 is 2.21 bits per heavy atom. The minimum Gasteiger partial charge on any atom is -0.326 e. The topological polar surface area (TPSA) is 26.0 Å². The first-order chi connectivity index (χ1) is 6.63. The number of halogens is 1. The zero-order valence-electron chi connectivity index (χ0n) is 8.64. The van der Waals surface area contributed by atoms with Gasteiger partial charge < -0.3 is 5.73 Å². The quantitative estimate of drug-likeness (QED) is 0.783. The summed E-state index contributed by atoms with van der Waals surface area (Å²) in [5.74, 6) is 1.44. The molecule has 2 unspecified atom stereocenters. The Labute approximate surface area is 94.3 Å². The van der Waals surface area contributed by atoms with Gasteiger partial charge in [-0.2, -0.15) is 0 Å². The third kappa shape index (κ3) is 1.60. The second kappa shape index (κ2) is 3.84. The molecule has 1 heterocycles. The Bertz CT molecular complexity index is 345. The van der Waals surface area contributed by atoms with Crippen molar-refractivity contribution in [1.29, 1.82) is 0 Å². The summed E-state index contributed by atoms with van der Waals surface area (Å²) in [6.07, 6.45) is 2.45. The van der Waals surface area contributed by atoms with Crippen LogP contribution in [0, 0.1) is 5.92 Å². The minimum absolute atomic E-state index is 0.587. The highest BCUT2D eigenvalue weighted by Gasteiger charge is 2.27. The number of rotatable bonds is 1. The zero-order chi connectivity index (χ0) is 10.3. The van der Waals surface area contributed by atoms with Gasteiger partial charge in [0.25, 0.3) is 0 Å². The lowest BCUT2D eigenvalue weighted by molar-refractivity contribution is 0.454. The number of hydrogen-bond acceptors (Lipinski definition) is 2. The molecule has 2 rings (SSSR count). The van der Waals surface area contributed by atoms with E-state index in [-0.39, 0.29) is 0 Å². The van der Waals surface area contributed by atoms with Gasteiger partial charge in [-0.3, -0.25) is 0 Å². The molecule has 0 aliphatic heterocycles. The van der Waals surface area contributed by atoms with Crippen LogP contribution in [0.5, 0.6) is 0 Å². The fraction of sp³-hybridized carbons (Fsp3) is 0.636. The highest BCUT2D eigenvalue weighted by Crippen LogP contribution is 2.44. The lowest BCUT2D eigenvalue weighted by Crippen LogP contribution is -2.14. The van der Waals surface area contributed by atoms with Gasteiger partial charge in [0.1, 0.15) is 0 Å². The van der Waals surface area contributed by atoms with E-state index in [1.165, 1.54) is 22.4 Å². The van der Waals surface area contributed by atoms with Crippen LogP contribution in [0.15, 0.2) is 0 Å². The van der Waals surface area contributed by atoms with Gasteiger partial charge in [0.15, 0.2) is 0 Å². The molecule has 0 radical (unpaired) electrons. The van der Waals surface area contributed by atoms with Crippen LogP contribution in [0.2, 0.25) is 4.34 Å². The molecular weight excluding hydrogens is 214 g/mol. The normalized spacial score (nSPS) is 26.3. The molecule has 2 N–H and O–H groups in total. The maximum Gasteiger partial charge on any atom is 0.0979 e. The molecule has 1 nitrogen and oxygen atoms in total. The van der Waals surface area contributed by atoms with Gasteiger partial charge in [0, 0.05) is 11.4 Å². The molecule has 14 heavy (non-hydrogen) atoms. The van der Waals surface area contributed by atoms with Crippen molar-refractivity contribution in [2.45, 2.75) is 39.2 Å². The van der Waals surface area contributed by atoms with Crippen molar-refractivity contribution in [2.75, 3.05) is 0 Å². The van der Waals surface area contributed by atoms with Crippen molar-refractivity contribution in [3.05, 3.63) is 20.3 Å². The fourth-order valence-corrected chi connectivity index (χ4v) is 4.05. The lowest BCUT2D eigenvalue weighted by Gasteiger charge is -2.24. The van der Waals surface area contributed by atoms with Crippen LogP contribution in [-0.4, -0.2) is 0 Å². The summed E-state index contributed by atoms with van der Waals surface area (Å²) >= 11 is 7.92. The zero-order valence-corrected chi connectivity index (χ0v) is 10.2. The van der Waals surface area contributed by atoms with E-state index in [0.717, 1.165) is 16.7 Å². The molecule has 1 aliphatic rings. The summed E-state index contributed by atoms with van der Waals surface area (Å²) < 4.78 is 0.915. The summed E-state index contributed by atoms with van der Waals surface area (Å²) in [6, 6.07) is 0. The van der Waals surface area contributed by atoms with Crippen LogP contribution in [0.4, 0.5) is 0 Å². The van der Waals surface area contributed by atoms with Crippen molar-refractivity contribution in [2.24, 2.45) is 11.7 Å². The Morgan fingerprint density at radius 1 is 1.50 bits per heavy atom. The van der Waals surface area contributed by atoms with E-state index in [2.05, 4.69) is 13.8 Å². The van der Waals surface area contributed by atoms with Gasteiger partial charge in [-0.15, -0.1) is 11.3 Å². The Balaban J connectivity index is 2.48. The van der Waals surface area contributed by atoms with Crippen molar-refractivity contribution in [3.63, 3.8) is 0 Å². The molecule has 1 aromatic rings. The first kappa shape index (κ1) is 10.5. The molecule has 0 saturated heterocycles. The number of fused-ring (bicyclic) bond motifs is 1. The molecule has 3 heteroatoms. The molecule has 0 bridgehead atoms. The van der Waals surface area contributed by atoms with Crippen LogP contribution in [0.1, 0.15) is 42.2 Å². The van der Waals surface area contributed by atoms with Crippen molar-refractivity contribution < 1.29 is 0 Å². The first-order valence-corrected chi connectivity index (χ1v) is 6.33. The molecule has 1 aromatic heterocycles. The molecule has 1 aliphatic carbocycles. The minimum atomic E-state index is 0.587. The van der Waals surface area contributed by atoms with Crippen LogP contribution in [0.3, 0.4) is 0 Å². The molecule has 0 spiro atoms. The highest BCUT2D eigenvalue weighted by atomic mass is 35.5. The third-order valence-electron chi connectivity index (χ3n) is 3.06. The summed E-state index contributed by atoms with van der Waals surface area (Å²) in [4.78, 5) is 1.48. The smallest absolute Gasteiger partial charge is 0.0979 e. The predicted octanol–water partition coefficient (Wildman–Crippen LogP) is 3.55. The maximum absolute atomic E-state index is 6.19. The average Bonchev–Trinajstić information content (AvgIpc) is 2.41. The Hall–Kier alpha value is -0.0500. The van der Waals surface area contributed by atoms with Crippen molar-refractivity contribution in [1.82, 2.24) is 0 Å². The Kier molecular flexibility index (Phi) is 2.87. The van der Waals surface area contributed by atoms with E-state index in [4.69, 9.17) is 17.3 Å². The van der Waals surface area contributed by atoms with Gasteiger partial charge >= 0.3 is 0 Å². The fourth-order valence-electron chi connectivity index (χ4n) is 2.45. The molecular formula is C11H16ClNS. The maximum atomic E-state index is 6.19. The van der Waals surface area contributed by atoms with E-state index >= 15 is 0 Å². The monoisotopic (exact) mass is 229 g/mol. The van der Waals surface area contributed by atoms with E-state index in [0.29, 0.717) is 12.5 Å². The summed E-state index contributed by atoms with van der Waals surface area (Å²) in [5.41, 5.74) is 8.38. The third-order valence-corrected chi connectivity index (χ3v) is 4.81. The van der Waals surface area contributed by atoms with Gasteiger partial charge in [-0.05, 0) is 35.8 Å². The first-order valence-electron chi connectivity index (χ1n) is 5.13. The number of hydrogen-bond donors (Lipinski definition) is 1. The summed E-state index contributed by atoms with van der Waals surface area (Å²) in [6.45, 7) is 5.19. The predicted molar refractivity (Wildman–Crippen MR) is 63.1 cm³/mol. The van der Waals surface area contributed by atoms with Gasteiger partial charge in [-0.25, -0.2) is 0 Å². The van der Waals surface area contributed by atoms with Crippen LogP contribution in [0.25, 0.3) is 0 Å². The average molecular weight is 230 g/mol. The molecule has 78 valence electrons. The van der Waals surface area contributed by atoms with Gasteiger partial charge in [0.05, 0.1) is 4.34 Å². The molecule has 0 aromatic carbocycles. The van der Waals surface area contributed by atoms with Crippen molar-refractivity contribution in [3.8, 4) is 0 Å². The van der Waals surface area contributed by atoms with E-state index < -0.39 is 0 Å². The van der Waals surface area contributed by atoms with E-state index in [9.17, 15) is 0 Å². The highest BCUT2D eigenvalue weighted by molar-refractivity contribution is 7.16. The summed E-state index contributed by atoms with van der Waals surface area (Å²) in [7, 11) is 0. The van der Waals surface area contributed by atoms with Crippen LogP contribution in [-0.2, 0) is 13.0 Å². The standard InChI is InChI=1S/C11H16ClNS/c1-6-3-7(2)10-8(4-6)9(5-13)11(12)14-10/h6-7H,3-5,13H2,1-2H3.